The van der Waals surface area contributed by atoms with Gasteiger partial charge in [0.2, 0.25) is 0 Å². The van der Waals surface area contributed by atoms with Crippen molar-refractivity contribution in [2.45, 2.75) is 24.3 Å². The van der Waals surface area contributed by atoms with Crippen molar-refractivity contribution in [1.82, 2.24) is 23.8 Å². The standard InChI is InChI=1S/C13H17N5O2S/c1-10-3-5-14-13(16-10)11-4-6-18(7-11)21(19,20)12-8-17(2)9-15-12/h3,5,8-9,11H,4,6-7H2,1-2H3/t11-/m1/s1. The van der Waals surface area contributed by atoms with Crippen LogP contribution >= 0.6 is 0 Å². The molecule has 1 saturated heterocycles. The fourth-order valence-corrected chi connectivity index (χ4v) is 3.94. The van der Waals surface area contributed by atoms with Crippen LogP contribution in [0, 0.1) is 6.92 Å². The van der Waals surface area contributed by atoms with Gasteiger partial charge in [-0.25, -0.2) is 23.4 Å². The summed E-state index contributed by atoms with van der Waals surface area (Å²) in [6.45, 7) is 2.78. The topological polar surface area (TPSA) is 81.0 Å². The lowest BCUT2D eigenvalue weighted by Crippen LogP contribution is -2.29. The van der Waals surface area contributed by atoms with Crippen molar-refractivity contribution in [3.05, 3.63) is 36.3 Å². The minimum Gasteiger partial charge on any atom is -0.339 e. The predicted octanol–water partition coefficient (Wildman–Crippen LogP) is 0.697. The maximum absolute atomic E-state index is 12.5. The van der Waals surface area contributed by atoms with E-state index in [1.165, 1.54) is 16.8 Å². The minimum atomic E-state index is -3.52. The van der Waals surface area contributed by atoms with Gasteiger partial charge in [-0.15, -0.1) is 0 Å². The van der Waals surface area contributed by atoms with Gasteiger partial charge in [-0.1, -0.05) is 0 Å². The van der Waals surface area contributed by atoms with E-state index in [0.717, 1.165) is 12.1 Å². The summed E-state index contributed by atoms with van der Waals surface area (Å²) < 4.78 is 28.1. The summed E-state index contributed by atoms with van der Waals surface area (Å²) in [7, 11) is -1.77. The highest BCUT2D eigenvalue weighted by Crippen LogP contribution is 2.28. The Morgan fingerprint density at radius 2 is 2.14 bits per heavy atom. The fourth-order valence-electron chi connectivity index (χ4n) is 2.48. The van der Waals surface area contributed by atoms with E-state index in [2.05, 4.69) is 15.0 Å². The first-order valence-electron chi connectivity index (χ1n) is 6.74. The van der Waals surface area contributed by atoms with E-state index >= 15 is 0 Å². The molecule has 1 aliphatic heterocycles. The number of nitrogens with zero attached hydrogens (tertiary/aromatic N) is 5. The van der Waals surface area contributed by atoms with E-state index in [-0.39, 0.29) is 10.9 Å². The molecule has 2 aromatic heterocycles. The lowest BCUT2D eigenvalue weighted by Gasteiger charge is -2.14. The van der Waals surface area contributed by atoms with Crippen molar-refractivity contribution in [2.75, 3.05) is 13.1 Å². The van der Waals surface area contributed by atoms with Gasteiger partial charge in [0.25, 0.3) is 10.0 Å². The molecule has 0 aliphatic carbocycles. The largest absolute Gasteiger partial charge is 0.339 e. The van der Waals surface area contributed by atoms with Gasteiger partial charge < -0.3 is 4.57 Å². The zero-order valence-corrected chi connectivity index (χ0v) is 12.8. The summed E-state index contributed by atoms with van der Waals surface area (Å²) in [5.74, 6) is 0.761. The molecule has 112 valence electrons. The van der Waals surface area contributed by atoms with Gasteiger partial charge in [-0.2, -0.15) is 4.31 Å². The average Bonchev–Trinajstić information content (AvgIpc) is 3.07. The monoisotopic (exact) mass is 307 g/mol. The normalized spacial score (nSPS) is 20.0. The molecule has 21 heavy (non-hydrogen) atoms. The van der Waals surface area contributed by atoms with Crippen molar-refractivity contribution in [1.29, 1.82) is 0 Å². The first-order chi connectivity index (χ1) is 9.96. The predicted molar refractivity (Wildman–Crippen MR) is 76.1 cm³/mol. The maximum atomic E-state index is 12.5. The summed E-state index contributed by atoms with van der Waals surface area (Å²) in [6.07, 6.45) is 5.46. The van der Waals surface area contributed by atoms with Crippen LogP contribution < -0.4 is 0 Å². The summed E-state index contributed by atoms with van der Waals surface area (Å²) in [5, 5.41) is 0.0933. The van der Waals surface area contributed by atoms with Crippen molar-refractivity contribution in [3.8, 4) is 0 Å². The first-order valence-corrected chi connectivity index (χ1v) is 8.18. The molecule has 0 spiro atoms. The van der Waals surface area contributed by atoms with E-state index in [1.54, 1.807) is 17.8 Å². The zero-order valence-electron chi connectivity index (χ0n) is 12.0. The Labute approximate surface area is 123 Å². The fraction of sp³-hybridized carbons (Fsp3) is 0.462. The lowest BCUT2D eigenvalue weighted by atomic mass is 10.1. The van der Waals surface area contributed by atoms with Crippen LogP contribution in [0.25, 0.3) is 0 Å². The zero-order chi connectivity index (χ0) is 15.0. The first kappa shape index (κ1) is 14.2. The highest BCUT2D eigenvalue weighted by Gasteiger charge is 2.35. The van der Waals surface area contributed by atoms with Gasteiger partial charge in [0.05, 0.1) is 6.33 Å². The molecule has 0 amide bonds. The molecule has 0 unspecified atom stereocenters. The third-order valence-corrected chi connectivity index (χ3v) is 5.37. The summed E-state index contributed by atoms with van der Waals surface area (Å²) in [4.78, 5) is 12.6. The summed E-state index contributed by atoms with van der Waals surface area (Å²) in [6, 6.07) is 1.83. The minimum absolute atomic E-state index is 0.0448. The second-order valence-electron chi connectivity index (χ2n) is 5.28. The molecule has 0 N–H and O–H groups in total. The van der Waals surface area contributed by atoms with E-state index in [9.17, 15) is 8.42 Å². The van der Waals surface area contributed by atoms with E-state index in [4.69, 9.17) is 0 Å². The smallest absolute Gasteiger partial charge is 0.262 e. The van der Waals surface area contributed by atoms with Gasteiger partial charge in [0.1, 0.15) is 5.82 Å². The second-order valence-corrected chi connectivity index (χ2v) is 7.17. The quantitative estimate of drug-likeness (QED) is 0.833. The Bertz CT molecular complexity index is 755. The molecule has 3 rings (SSSR count). The number of rotatable bonds is 3. The molecule has 7 nitrogen and oxygen atoms in total. The number of aromatic nitrogens is 4. The number of sulfonamides is 1. The number of hydrogen-bond donors (Lipinski definition) is 0. The van der Waals surface area contributed by atoms with Crippen LogP contribution in [0.5, 0.6) is 0 Å². The lowest BCUT2D eigenvalue weighted by molar-refractivity contribution is 0.468. The average molecular weight is 307 g/mol. The highest BCUT2D eigenvalue weighted by molar-refractivity contribution is 7.89. The number of aryl methyl sites for hydroxylation is 2. The van der Waals surface area contributed by atoms with E-state index < -0.39 is 10.0 Å². The molecular formula is C13H17N5O2S. The van der Waals surface area contributed by atoms with E-state index in [0.29, 0.717) is 18.9 Å². The molecule has 0 saturated carbocycles. The molecule has 1 atom stereocenters. The van der Waals surface area contributed by atoms with Crippen molar-refractivity contribution < 1.29 is 8.42 Å². The highest BCUT2D eigenvalue weighted by atomic mass is 32.2. The van der Waals surface area contributed by atoms with Crippen molar-refractivity contribution in [2.24, 2.45) is 7.05 Å². The molecular weight excluding hydrogens is 290 g/mol. The van der Waals surface area contributed by atoms with Crippen LogP contribution in [0.4, 0.5) is 0 Å². The van der Waals surface area contributed by atoms with Gasteiger partial charge in [-0.05, 0) is 19.4 Å². The van der Waals surface area contributed by atoms with Crippen molar-refractivity contribution in [3.63, 3.8) is 0 Å². The molecule has 2 aromatic rings. The van der Waals surface area contributed by atoms with Gasteiger partial charge >= 0.3 is 0 Å². The Morgan fingerprint density at radius 1 is 1.33 bits per heavy atom. The van der Waals surface area contributed by atoms with Crippen LogP contribution in [0.2, 0.25) is 0 Å². The molecule has 1 aliphatic rings. The molecule has 0 bridgehead atoms. The summed E-state index contributed by atoms with van der Waals surface area (Å²) in [5.41, 5.74) is 0.894. The third kappa shape index (κ3) is 2.68. The van der Waals surface area contributed by atoms with E-state index in [1.807, 2.05) is 13.0 Å². The van der Waals surface area contributed by atoms with Crippen LogP contribution in [0.1, 0.15) is 23.9 Å². The Balaban J connectivity index is 1.81. The third-order valence-electron chi connectivity index (χ3n) is 3.61. The SMILES string of the molecule is Cc1ccnc([C@@H]2CCN(S(=O)(=O)c3cn(C)cn3)C2)n1. The van der Waals surface area contributed by atoms with Gasteiger partial charge in [-0.3, -0.25) is 0 Å². The number of imidazole rings is 1. The molecule has 1 fully saturated rings. The molecule has 8 heteroatoms. The van der Waals surface area contributed by atoms with Crippen LogP contribution in [0.3, 0.4) is 0 Å². The van der Waals surface area contributed by atoms with Crippen LogP contribution in [-0.4, -0.2) is 45.3 Å². The van der Waals surface area contributed by atoms with Gasteiger partial charge in [0.15, 0.2) is 5.03 Å². The van der Waals surface area contributed by atoms with Crippen molar-refractivity contribution >= 4 is 10.0 Å². The maximum Gasteiger partial charge on any atom is 0.262 e. The Hall–Kier alpha value is -1.80. The van der Waals surface area contributed by atoms with Crippen LogP contribution in [-0.2, 0) is 17.1 Å². The Kier molecular flexibility index (Phi) is 3.50. The van der Waals surface area contributed by atoms with Gasteiger partial charge in [0, 0.05) is 44.1 Å². The second kappa shape index (κ2) is 5.19. The molecule has 0 radical (unpaired) electrons. The number of hydrogen-bond acceptors (Lipinski definition) is 5. The molecule has 3 heterocycles. The van der Waals surface area contributed by atoms with Crippen LogP contribution in [0.15, 0.2) is 29.8 Å². The molecule has 0 aromatic carbocycles. The summed E-state index contributed by atoms with van der Waals surface area (Å²) >= 11 is 0. The Morgan fingerprint density at radius 3 is 2.81 bits per heavy atom.